The number of carbonyl (C=O) groups excluding carboxylic acids is 2. The minimum atomic E-state index is -0.970. The molecule has 0 saturated carbocycles. The monoisotopic (exact) mass is 313 g/mol. The maximum Gasteiger partial charge on any atom is 0.335 e. The summed E-state index contributed by atoms with van der Waals surface area (Å²) in [4.78, 5) is 34.4. The van der Waals surface area contributed by atoms with Crippen molar-refractivity contribution in [3.05, 3.63) is 53.1 Å². The standard InChI is InChI=1S/C18H19NO4/c1-18(2,3)15-9-12(4-6-14(15)17(22)23)19-10-11-8-13(20)5-7-16(11)21/h4-9,19H,10H2,1-3H3,(H,22,23). The second-order valence-electron chi connectivity index (χ2n) is 6.44. The van der Waals surface area contributed by atoms with Crippen LogP contribution in [-0.2, 0) is 15.0 Å². The third kappa shape index (κ3) is 3.94. The number of benzene rings is 1. The molecule has 5 nitrogen and oxygen atoms in total. The molecule has 0 heterocycles. The van der Waals surface area contributed by atoms with E-state index in [0.29, 0.717) is 16.8 Å². The van der Waals surface area contributed by atoms with Gasteiger partial charge in [-0.1, -0.05) is 20.8 Å². The Morgan fingerprint density at radius 3 is 2.48 bits per heavy atom. The summed E-state index contributed by atoms with van der Waals surface area (Å²) in [5.74, 6) is -1.38. The van der Waals surface area contributed by atoms with Crippen LogP contribution in [-0.4, -0.2) is 29.2 Å². The fourth-order valence-electron chi connectivity index (χ4n) is 2.35. The van der Waals surface area contributed by atoms with Gasteiger partial charge in [0.25, 0.3) is 0 Å². The summed E-state index contributed by atoms with van der Waals surface area (Å²) in [7, 11) is 0. The van der Waals surface area contributed by atoms with Crippen molar-refractivity contribution in [2.24, 2.45) is 0 Å². The van der Waals surface area contributed by atoms with Crippen LogP contribution in [0, 0.1) is 0 Å². The third-order valence-corrected chi connectivity index (χ3v) is 3.57. The van der Waals surface area contributed by atoms with E-state index in [9.17, 15) is 19.5 Å². The molecule has 0 aliphatic heterocycles. The summed E-state index contributed by atoms with van der Waals surface area (Å²) >= 11 is 0. The van der Waals surface area contributed by atoms with Crippen LogP contribution in [0.1, 0.15) is 36.7 Å². The summed E-state index contributed by atoms with van der Waals surface area (Å²) in [5, 5.41) is 12.4. The summed E-state index contributed by atoms with van der Waals surface area (Å²) in [5.41, 5.74) is 1.72. The predicted molar refractivity (Wildman–Crippen MR) is 87.8 cm³/mol. The normalized spacial score (nSPS) is 14.7. The molecule has 1 aliphatic rings. The molecule has 1 aliphatic carbocycles. The molecule has 0 amide bonds. The van der Waals surface area contributed by atoms with E-state index in [0.717, 1.165) is 0 Å². The number of carboxylic acid groups (broad SMARTS) is 1. The number of allylic oxidation sites excluding steroid dienone is 3. The van der Waals surface area contributed by atoms with E-state index in [2.05, 4.69) is 5.32 Å². The largest absolute Gasteiger partial charge is 0.478 e. The van der Waals surface area contributed by atoms with E-state index in [-0.39, 0.29) is 29.1 Å². The maximum absolute atomic E-state index is 11.7. The van der Waals surface area contributed by atoms with Crippen LogP contribution >= 0.6 is 0 Å². The number of hydrogen-bond acceptors (Lipinski definition) is 4. The SMILES string of the molecule is CC(C)(C)c1cc(NCC2=CC(=O)C=CC2=O)ccc1C(=O)O. The fourth-order valence-corrected chi connectivity index (χ4v) is 2.35. The Kier molecular flexibility index (Phi) is 4.50. The smallest absolute Gasteiger partial charge is 0.335 e. The van der Waals surface area contributed by atoms with Crippen LogP contribution in [0.2, 0.25) is 0 Å². The molecule has 0 radical (unpaired) electrons. The molecule has 0 atom stereocenters. The minimum absolute atomic E-state index is 0.199. The molecule has 1 aromatic rings. The molecule has 0 spiro atoms. The molecule has 2 N–H and O–H groups in total. The van der Waals surface area contributed by atoms with Crippen molar-refractivity contribution < 1.29 is 19.5 Å². The molecule has 23 heavy (non-hydrogen) atoms. The first kappa shape index (κ1) is 16.7. The molecule has 120 valence electrons. The first-order valence-corrected chi connectivity index (χ1v) is 7.27. The zero-order valence-corrected chi connectivity index (χ0v) is 13.3. The molecule has 0 fully saturated rings. The quantitative estimate of drug-likeness (QED) is 0.835. The Morgan fingerprint density at radius 1 is 1.17 bits per heavy atom. The van der Waals surface area contributed by atoms with Gasteiger partial charge in [-0.05, 0) is 47.4 Å². The summed E-state index contributed by atoms with van der Waals surface area (Å²) in [6.45, 7) is 6.03. The first-order chi connectivity index (χ1) is 10.7. The Morgan fingerprint density at radius 2 is 1.87 bits per heavy atom. The van der Waals surface area contributed by atoms with E-state index in [1.54, 1.807) is 18.2 Å². The van der Waals surface area contributed by atoms with Gasteiger partial charge in [-0.25, -0.2) is 4.79 Å². The van der Waals surface area contributed by atoms with Gasteiger partial charge >= 0.3 is 5.97 Å². The van der Waals surface area contributed by atoms with Gasteiger partial charge in [0.05, 0.1) is 5.56 Å². The lowest BCUT2D eigenvalue weighted by atomic mass is 9.83. The van der Waals surface area contributed by atoms with Crippen molar-refractivity contribution in [3.8, 4) is 0 Å². The van der Waals surface area contributed by atoms with Gasteiger partial charge in [0, 0.05) is 17.8 Å². The van der Waals surface area contributed by atoms with Gasteiger partial charge in [-0.3, -0.25) is 9.59 Å². The average molecular weight is 313 g/mol. The molecule has 0 saturated heterocycles. The Balaban J connectivity index is 2.23. The van der Waals surface area contributed by atoms with Gasteiger partial charge < -0.3 is 10.4 Å². The first-order valence-electron chi connectivity index (χ1n) is 7.27. The highest BCUT2D eigenvalue weighted by Gasteiger charge is 2.22. The Hall–Kier alpha value is -2.69. The minimum Gasteiger partial charge on any atom is -0.478 e. The molecule has 0 unspecified atom stereocenters. The molecular formula is C18H19NO4. The molecule has 5 heteroatoms. The topological polar surface area (TPSA) is 83.5 Å². The van der Waals surface area contributed by atoms with Crippen LogP contribution in [0.25, 0.3) is 0 Å². The summed E-state index contributed by atoms with van der Waals surface area (Å²) in [6, 6.07) is 4.98. The van der Waals surface area contributed by atoms with Gasteiger partial charge in [0.1, 0.15) is 0 Å². The highest BCUT2D eigenvalue weighted by atomic mass is 16.4. The van der Waals surface area contributed by atoms with E-state index < -0.39 is 5.97 Å². The number of ketones is 2. The third-order valence-electron chi connectivity index (χ3n) is 3.57. The van der Waals surface area contributed by atoms with Crippen LogP contribution in [0.5, 0.6) is 0 Å². The highest BCUT2D eigenvalue weighted by Crippen LogP contribution is 2.29. The number of carbonyl (C=O) groups is 3. The van der Waals surface area contributed by atoms with Gasteiger partial charge in [-0.2, -0.15) is 0 Å². The van der Waals surface area contributed by atoms with Gasteiger partial charge in [0.15, 0.2) is 11.6 Å². The second-order valence-corrected chi connectivity index (χ2v) is 6.44. The van der Waals surface area contributed by atoms with Crippen molar-refractivity contribution >= 4 is 23.2 Å². The Labute approximate surface area is 134 Å². The number of rotatable bonds is 4. The van der Waals surface area contributed by atoms with E-state index in [1.807, 2.05) is 20.8 Å². The van der Waals surface area contributed by atoms with Crippen molar-refractivity contribution in [1.29, 1.82) is 0 Å². The number of hydrogen-bond donors (Lipinski definition) is 2. The lowest BCUT2D eigenvalue weighted by Crippen LogP contribution is -2.19. The number of carboxylic acids is 1. The Bertz CT molecular complexity index is 736. The van der Waals surface area contributed by atoms with Crippen LogP contribution in [0.15, 0.2) is 42.0 Å². The zero-order valence-electron chi connectivity index (χ0n) is 13.3. The molecule has 0 aromatic heterocycles. The lowest BCUT2D eigenvalue weighted by molar-refractivity contribution is -0.114. The number of anilines is 1. The van der Waals surface area contributed by atoms with Crippen molar-refractivity contribution in [2.45, 2.75) is 26.2 Å². The maximum atomic E-state index is 11.7. The van der Waals surface area contributed by atoms with Crippen molar-refractivity contribution in [3.63, 3.8) is 0 Å². The average Bonchev–Trinajstić information content (AvgIpc) is 2.47. The molecular weight excluding hydrogens is 294 g/mol. The molecule has 0 bridgehead atoms. The van der Waals surface area contributed by atoms with Crippen molar-refractivity contribution in [2.75, 3.05) is 11.9 Å². The number of aromatic carboxylic acids is 1. The molecule has 2 rings (SSSR count). The van der Waals surface area contributed by atoms with Crippen molar-refractivity contribution in [1.82, 2.24) is 0 Å². The lowest BCUT2D eigenvalue weighted by Gasteiger charge is -2.22. The van der Waals surface area contributed by atoms with Gasteiger partial charge in [0.2, 0.25) is 0 Å². The summed E-state index contributed by atoms with van der Waals surface area (Å²) in [6.07, 6.45) is 3.81. The van der Waals surface area contributed by atoms with Gasteiger partial charge in [-0.15, -0.1) is 0 Å². The highest BCUT2D eigenvalue weighted by molar-refractivity contribution is 6.17. The van der Waals surface area contributed by atoms with Crippen LogP contribution in [0.3, 0.4) is 0 Å². The van der Waals surface area contributed by atoms with E-state index >= 15 is 0 Å². The molecule has 1 aromatic carbocycles. The fraction of sp³-hybridized carbons (Fsp3) is 0.278. The zero-order chi connectivity index (χ0) is 17.2. The van der Waals surface area contributed by atoms with E-state index in [4.69, 9.17) is 0 Å². The number of nitrogens with one attached hydrogen (secondary N) is 1. The summed E-state index contributed by atoms with van der Waals surface area (Å²) < 4.78 is 0. The second kappa shape index (κ2) is 6.20. The van der Waals surface area contributed by atoms with Crippen LogP contribution < -0.4 is 5.32 Å². The van der Waals surface area contributed by atoms with Crippen LogP contribution in [0.4, 0.5) is 5.69 Å². The van der Waals surface area contributed by atoms with E-state index in [1.165, 1.54) is 18.2 Å². The predicted octanol–water partition coefficient (Wildman–Crippen LogP) is 2.73.